The first-order chi connectivity index (χ1) is 14.2. The molecule has 9 heteroatoms. The van der Waals surface area contributed by atoms with Gasteiger partial charge in [-0.1, -0.05) is 13.3 Å². The van der Waals surface area contributed by atoms with Crippen LogP contribution < -0.4 is 9.46 Å². The number of anilines is 1. The van der Waals surface area contributed by atoms with Crippen molar-refractivity contribution >= 4 is 15.7 Å². The highest BCUT2D eigenvalue weighted by atomic mass is 32.2. The van der Waals surface area contributed by atoms with E-state index in [1.165, 1.54) is 0 Å². The highest BCUT2D eigenvalue weighted by Crippen LogP contribution is 2.24. The van der Waals surface area contributed by atoms with Gasteiger partial charge in [0.05, 0.1) is 11.4 Å². The summed E-state index contributed by atoms with van der Waals surface area (Å²) in [7, 11) is -3.34. The quantitative estimate of drug-likeness (QED) is 0.575. The topological polar surface area (TPSA) is 99.0 Å². The van der Waals surface area contributed by atoms with E-state index in [1.54, 1.807) is 41.9 Å². The van der Waals surface area contributed by atoms with Gasteiger partial charge in [0.25, 0.3) is 0 Å². The Morgan fingerprint density at radius 1 is 1.07 bits per heavy atom. The maximum Gasteiger partial charge on any atom is 0.232 e. The summed E-state index contributed by atoms with van der Waals surface area (Å²) in [6.07, 6.45) is 1.45. The lowest BCUT2D eigenvalue weighted by Gasteiger charge is -2.10. The second kappa shape index (κ2) is 8.83. The molecule has 1 N–H and O–H groups in total. The van der Waals surface area contributed by atoms with Crippen molar-refractivity contribution in [3.8, 4) is 17.4 Å². The van der Waals surface area contributed by atoms with Crippen molar-refractivity contribution in [2.24, 2.45) is 0 Å². The van der Waals surface area contributed by atoms with Gasteiger partial charge in [0.15, 0.2) is 5.82 Å². The Morgan fingerprint density at radius 3 is 2.37 bits per heavy atom. The molecule has 3 rings (SSSR count). The Balaban J connectivity index is 1.78. The number of nitrogens with one attached hydrogen (secondary N) is 1. The number of aryl methyl sites for hydroxylation is 2. The van der Waals surface area contributed by atoms with Gasteiger partial charge < -0.3 is 4.74 Å². The summed E-state index contributed by atoms with van der Waals surface area (Å²) in [4.78, 5) is 8.82. The number of sulfonamides is 1. The fraction of sp³-hybridized carbons (Fsp3) is 0.381. The first kappa shape index (κ1) is 21.8. The predicted octanol–water partition coefficient (Wildman–Crippen LogP) is 4.23. The van der Waals surface area contributed by atoms with Gasteiger partial charge in [-0.05, 0) is 63.9 Å². The zero-order chi connectivity index (χ0) is 21.9. The Kier molecular flexibility index (Phi) is 6.40. The summed E-state index contributed by atoms with van der Waals surface area (Å²) < 4.78 is 34.3. The molecule has 3 aromatic rings. The largest absolute Gasteiger partial charge is 0.439 e. The van der Waals surface area contributed by atoms with Gasteiger partial charge in [0, 0.05) is 17.4 Å². The second-order valence-corrected chi connectivity index (χ2v) is 9.06. The molecule has 8 nitrogen and oxygen atoms in total. The van der Waals surface area contributed by atoms with Crippen molar-refractivity contribution in [1.29, 1.82) is 0 Å². The summed E-state index contributed by atoms with van der Waals surface area (Å²) >= 11 is 0. The smallest absolute Gasteiger partial charge is 0.232 e. The standard InChI is InChI=1S/C21H27N5O3S/c1-6-7-12-30(27,28)25-18-8-10-19(11-9-18)29-21-13-20(22-17(5)23-21)26-16(4)14(2)15(3)24-26/h8-11,13,25H,6-7,12H2,1-5H3. The van der Waals surface area contributed by atoms with Crippen molar-refractivity contribution in [2.75, 3.05) is 10.5 Å². The number of hydrogen-bond donors (Lipinski definition) is 1. The molecule has 0 amide bonds. The molecule has 0 aliphatic carbocycles. The van der Waals surface area contributed by atoms with Gasteiger partial charge in [-0.2, -0.15) is 10.1 Å². The third-order valence-corrected chi connectivity index (χ3v) is 6.16. The molecule has 0 saturated heterocycles. The van der Waals surface area contributed by atoms with E-state index < -0.39 is 10.0 Å². The van der Waals surface area contributed by atoms with Crippen LogP contribution in [0.4, 0.5) is 5.69 Å². The van der Waals surface area contributed by atoms with E-state index in [9.17, 15) is 8.42 Å². The molecular formula is C21H27N5O3S. The summed E-state index contributed by atoms with van der Waals surface area (Å²) in [5, 5.41) is 4.54. The monoisotopic (exact) mass is 429 g/mol. The van der Waals surface area contributed by atoms with Crippen molar-refractivity contribution < 1.29 is 13.2 Å². The zero-order valence-electron chi connectivity index (χ0n) is 17.9. The molecule has 30 heavy (non-hydrogen) atoms. The Bertz CT molecular complexity index is 1140. The van der Waals surface area contributed by atoms with Gasteiger partial charge in [-0.25, -0.2) is 18.1 Å². The maximum atomic E-state index is 12.0. The van der Waals surface area contributed by atoms with Crippen LogP contribution in [0.3, 0.4) is 0 Å². The first-order valence-electron chi connectivity index (χ1n) is 9.86. The number of hydrogen-bond acceptors (Lipinski definition) is 6. The molecule has 0 atom stereocenters. The average molecular weight is 430 g/mol. The molecule has 2 heterocycles. The van der Waals surface area contributed by atoms with Gasteiger partial charge in [-0.3, -0.25) is 4.72 Å². The lowest BCUT2D eigenvalue weighted by atomic mass is 10.2. The van der Waals surface area contributed by atoms with Gasteiger partial charge >= 0.3 is 0 Å². The fourth-order valence-electron chi connectivity index (χ4n) is 2.91. The average Bonchev–Trinajstić information content (AvgIpc) is 2.95. The molecule has 0 saturated carbocycles. The van der Waals surface area contributed by atoms with Gasteiger partial charge in [0.2, 0.25) is 15.9 Å². The van der Waals surface area contributed by atoms with E-state index in [1.807, 2.05) is 27.7 Å². The Labute approximate surface area is 177 Å². The number of ether oxygens (including phenoxy) is 1. The Morgan fingerprint density at radius 2 is 1.77 bits per heavy atom. The van der Waals surface area contributed by atoms with E-state index in [0.29, 0.717) is 35.4 Å². The molecule has 1 aromatic carbocycles. The molecule has 0 spiro atoms. The molecule has 0 aliphatic rings. The lowest BCUT2D eigenvalue weighted by molar-refractivity contribution is 0.459. The van der Waals surface area contributed by atoms with Gasteiger partial charge in [-0.15, -0.1) is 0 Å². The number of rotatable bonds is 8. The molecule has 0 bridgehead atoms. The number of aromatic nitrogens is 4. The zero-order valence-corrected chi connectivity index (χ0v) is 18.7. The van der Waals surface area contributed by atoms with Crippen LogP contribution >= 0.6 is 0 Å². The van der Waals surface area contributed by atoms with Crippen LogP contribution in [0.2, 0.25) is 0 Å². The summed E-state index contributed by atoms with van der Waals surface area (Å²) in [5.41, 5.74) is 3.57. The molecule has 0 unspecified atom stereocenters. The molecule has 0 radical (unpaired) electrons. The normalized spacial score (nSPS) is 11.5. The highest BCUT2D eigenvalue weighted by Gasteiger charge is 2.13. The third kappa shape index (κ3) is 5.15. The van der Waals surface area contributed by atoms with E-state index in [4.69, 9.17) is 4.74 Å². The minimum Gasteiger partial charge on any atom is -0.439 e. The van der Waals surface area contributed by atoms with Crippen LogP contribution in [0.5, 0.6) is 11.6 Å². The number of benzene rings is 1. The molecule has 2 aromatic heterocycles. The Hall–Kier alpha value is -2.94. The molecular weight excluding hydrogens is 402 g/mol. The third-order valence-electron chi connectivity index (χ3n) is 4.79. The van der Waals surface area contributed by atoms with Gasteiger partial charge in [0.1, 0.15) is 11.6 Å². The van der Waals surface area contributed by atoms with Crippen molar-refractivity contribution in [3.05, 3.63) is 53.1 Å². The summed E-state index contributed by atoms with van der Waals surface area (Å²) in [6.45, 7) is 9.73. The highest BCUT2D eigenvalue weighted by molar-refractivity contribution is 7.92. The van der Waals surface area contributed by atoms with Crippen LogP contribution in [-0.4, -0.2) is 33.9 Å². The fourth-order valence-corrected chi connectivity index (χ4v) is 4.17. The molecule has 0 fully saturated rings. The first-order valence-corrected chi connectivity index (χ1v) is 11.5. The van der Waals surface area contributed by atoms with Crippen LogP contribution in [0.15, 0.2) is 30.3 Å². The van der Waals surface area contributed by atoms with E-state index >= 15 is 0 Å². The SMILES string of the molecule is CCCCS(=O)(=O)Nc1ccc(Oc2cc(-n3nc(C)c(C)c3C)nc(C)n2)cc1. The molecule has 160 valence electrons. The van der Waals surface area contributed by atoms with Crippen molar-refractivity contribution in [1.82, 2.24) is 19.7 Å². The summed E-state index contributed by atoms with van der Waals surface area (Å²) in [5.74, 6) is 2.23. The second-order valence-electron chi connectivity index (χ2n) is 7.22. The van der Waals surface area contributed by atoms with Crippen LogP contribution in [0.25, 0.3) is 5.82 Å². The number of nitrogens with zero attached hydrogens (tertiary/aromatic N) is 4. The van der Waals surface area contributed by atoms with E-state index in [-0.39, 0.29) is 5.75 Å². The minimum absolute atomic E-state index is 0.108. The van der Waals surface area contributed by atoms with Crippen LogP contribution in [-0.2, 0) is 10.0 Å². The molecule has 0 aliphatic heterocycles. The predicted molar refractivity (Wildman–Crippen MR) is 117 cm³/mol. The van der Waals surface area contributed by atoms with E-state index in [0.717, 1.165) is 23.4 Å². The van der Waals surface area contributed by atoms with Crippen LogP contribution in [0.1, 0.15) is 42.5 Å². The van der Waals surface area contributed by atoms with Crippen molar-refractivity contribution in [3.63, 3.8) is 0 Å². The number of unbranched alkanes of at least 4 members (excludes halogenated alkanes) is 1. The van der Waals surface area contributed by atoms with Crippen molar-refractivity contribution in [2.45, 2.75) is 47.5 Å². The lowest BCUT2D eigenvalue weighted by Crippen LogP contribution is -2.16. The van der Waals surface area contributed by atoms with E-state index in [2.05, 4.69) is 19.8 Å². The summed E-state index contributed by atoms with van der Waals surface area (Å²) in [6, 6.07) is 8.45. The van der Waals surface area contributed by atoms with Crippen LogP contribution in [0, 0.1) is 27.7 Å². The maximum absolute atomic E-state index is 12.0. The minimum atomic E-state index is -3.34.